The molecule has 2 aliphatic rings. The van der Waals surface area contributed by atoms with E-state index in [1.165, 1.54) is 0 Å². The van der Waals surface area contributed by atoms with Crippen LogP contribution in [0.1, 0.15) is 17.5 Å². The fourth-order valence-corrected chi connectivity index (χ4v) is 4.07. The summed E-state index contributed by atoms with van der Waals surface area (Å²) in [7, 11) is 1.60. The van der Waals surface area contributed by atoms with Gasteiger partial charge >= 0.3 is 0 Å². The summed E-state index contributed by atoms with van der Waals surface area (Å²) in [6.07, 6.45) is 0.843. The lowest BCUT2D eigenvalue weighted by Gasteiger charge is -2.23. The number of halogens is 1. The molecule has 0 aliphatic carbocycles. The third-order valence-electron chi connectivity index (χ3n) is 5.35. The fourth-order valence-electron chi connectivity index (χ4n) is 3.86. The number of anilines is 1. The van der Waals surface area contributed by atoms with E-state index in [1.54, 1.807) is 18.1 Å². The maximum Gasteiger partial charge on any atom is 0.237 e. The van der Waals surface area contributed by atoms with Crippen molar-refractivity contribution < 1.29 is 14.3 Å². The highest BCUT2D eigenvalue weighted by molar-refractivity contribution is 6.31. The van der Waals surface area contributed by atoms with Gasteiger partial charge in [-0.3, -0.25) is 9.59 Å². The van der Waals surface area contributed by atoms with Crippen LogP contribution >= 0.6 is 11.6 Å². The number of likely N-dealkylation sites (tertiary alicyclic amines) is 1. The number of amides is 2. The van der Waals surface area contributed by atoms with Gasteiger partial charge in [0.15, 0.2) is 0 Å². The highest BCUT2D eigenvalue weighted by atomic mass is 35.5. The van der Waals surface area contributed by atoms with Crippen LogP contribution in [-0.2, 0) is 21.4 Å². The number of benzene rings is 2. The normalized spacial score (nSPS) is 21.0. The van der Waals surface area contributed by atoms with Crippen molar-refractivity contribution in [3.63, 3.8) is 0 Å². The Labute approximate surface area is 156 Å². The minimum absolute atomic E-state index is 0.0147. The number of nitrogens with zero attached hydrogens (tertiary/aromatic N) is 1. The van der Waals surface area contributed by atoms with Gasteiger partial charge in [-0.05, 0) is 41.8 Å². The van der Waals surface area contributed by atoms with Crippen molar-refractivity contribution in [3.8, 4) is 5.75 Å². The number of carbonyl (C=O) groups is 2. The molecule has 6 heteroatoms. The minimum atomic E-state index is -0.694. The van der Waals surface area contributed by atoms with Gasteiger partial charge in [0.2, 0.25) is 11.8 Å². The Morgan fingerprint density at radius 2 is 2.12 bits per heavy atom. The van der Waals surface area contributed by atoms with E-state index in [2.05, 4.69) is 5.32 Å². The highest BCUT2D eigenvalue weighted by Crippen LogP contribution is 2.45. The Hall–Kier alpha value is -2.53. The molecule has 2 heterocycles. The second-order valence-corrected chi connectivity index (χ2v) is 7.19. The van der Waals surface area contributed by atoms with Crippen LogP contribution in [0.4, 0.5) is 5.69 Å². The third-order valence-corrected chi connectivity index (χ3v) is 5.72. The lowest BCUT2D eigenvalue weighted by atomic mass is 9.81. The first kappa shape index (κ1) is 16.9. The number of hydrogen-bond donors (Lipinski definition) is 1. The van der Waals surface area contributed by atoms with E-state index in [-0.39, 0.29) is 18.2 Å². The van der Waals surface area contributed by atoms with Gasteiger partial charge in [0.25, 0.3) is 0 Å². The van der Waals surface area contributed by atoms with E-state index in [0.29, 0.717) is 30.3 Å². The Morgan fingerprint density at radius 1 is 1.31 bits per heavy atom. The summed E-state index contributed by atoms with van der Waals surface area (Å²) in [5.74, 6) is 0.647. The number of ether oxygens (including phenoxy) is 1. The van der Waals surface area contributed by atoms with Crippen LogP contribution in [-0.4, -0.2) is 36.9 Å². The summed E-state index contributed by atoms with van der Waals surface area (Å²) < 4.78 is 5.31. The SMILES string of the molecule is COc1ccc2c(c1)C1(CCN(C(=O)Cc3ccccc3Cl)C1)C(=O)N2. The minimum Gasteiger partial charge on any atom is -0.497 e. The van der Waals surface area contributed by atoms with E-state index < -0.39 is 5.41 Å². The zero-order chi connectivity index (χ0) is 18.3. The lowest BCUT2D eigenvalue weighted by Crippen LogP contribution is -2.39. The summed E-state index contributed by atoms with van der Waals surface area (Å²) in [5, 5.41) is 3.53. The monoisotopic (exact) mass is 370 g/mol. The molecule has 1 saturated heterocycles. The Balaban J connectivity index is 1.58. The molecular weight excluding hydrogens is 352 g/mol. The Bertz CT molecular complexity index is 898. The molecule has 1 unspecified atom stereocenters. The number of hydrogen-bond acceptors (Lipinski definition) is 3. The second-order valence-electron chi connectivity index (χ2n) is 6.78. The van der Waals surface area contributed by atoms with Crippen molar-refractivity contribution in [1.29, 1.82) is 0 Å². The molecule has 4 rings (SSSR count). The lowest BCUT2D eigenvalue weighted by molar-refractivity contribution is -0.129. The van der Waals surface area contributed by atoms with E-state index >= 15 is 0 Å². The van der Waals surface area contributed by atoms with Gasteiger partial charge in [0.05, 0.1) is 18.9 Å². The third kappa shape index (κ3) is 2.63. The average Bonchev–Trinajstić information content (AvgIpc) is 3.20. The molecule has 1 spiro atoms. The first-order chi connectivity index (χ1) is 12.5. The van der Waals surface area contributed by atoms with Crippen LogP contribution in [0.3, 0.4) is 0 Å². The molecule has 0 saturated carbocycles. The molecule has 1 fully saturated rings. The van der Waals surface area contributed by atoms with Crippen LogP contribution in [0.2, 0.25) is 5.02 Å². The van der Waals surface area contributed by atoms with Gasteiger partial charge < -0.3 is 15.0 Å². The van der Waals surface area contributed by atoms with Crippen molar-refractivity contribution in [2.24, 2.45) is 0 Å². The van der Waals surface area contributed by atoms with Gasteiger partial charge in [0, 0.05) is 23.8 Å². The van der Waals surface area contributed by atoms with Crippen LogP contribution in [0.5, 0.6) is 5.75 Å². The molecule has 2 amide bonds. The molecule has 26 heavy (non-hydrogen) atoms. The van der Waals surface area contributed by atoms with Crippen LogP contribution in [0.25, 0.3) is 0 Å². The summed E-state index contributed by atoms with van der Waals surface area (Å²) in [6, 6.07) is 12.9. The van der Waals surface area contributed by atoms with Gasteiger partial charge in [-0.25, -0.2) is 0 Å². The van der Waals surface area contributed by atoms with Gasteiger partial charge in [0.1, 0.15) is 5.75 Å². The van der Waals surface area contributed by atoms with Crippen molar-refractivity contribution in [3.05, 3.63) is 58.6 Å². The molecule has 5 nitrogen and oxygen atoms in total. The van der Waals surface area contributed by atoms with E-state index in [1.807, 2.05) is 36.4 Å². The van der Waals surface area contributed by atoms with Gasteiger partial charge in [-0.2, -0.15) is 0 Å². The predicted molar refractivity (Wildman–Crippen MR) is 99.7 cm³/mol. The summed E-state index contributed by atoms with van der Waals surface area (Å²) in [4.78, 5) is 27.2. The van der Waals surface area contributed by atoms with Crippen molar-refractivity contribution in [1.82, 2.24) is 4.90 Å². The molecule has 0 radical (unpaired) electrons. The molecular formula is C20H19ClN2O3. The van der Waals surface area contributed by atoms with E-state index in [9.17, 15) is 9.59 Å². The molecule has 0 aromatic heterocycles. The van der Waals surface area contributed by atoms with Crippen molar-refractivity contribution >= 4 is 29.1 Å². The zero-order valence-corrected chi connectivity index (χ0v) is 15.2. The zero-order valence-electron chi connectivity index (χ0n) is 14.4. The molecule has 1 atom stereocenters. The number of methoxy groups -OCH3 is 1. The summed E-state index contributed by atoms with van der Waals surface area (Å²) >= 11 is 6.17. The smallest absolute Gasteiger partial charge is 0.237 e. The second kappa shape index (κ2) is 6.32. The molecule has 1 N–H and O–H groups in total. The number of carbonyl (C=O) groups excluding carboxylic acids is 2. The molecule has 2 aromatic carbocycles. The molecule has 2 aromatic rings. The average molecular weight is 371 g/mol. The molecule has 2 aliphatic heterocycles. The Kier molecular flexibility index (Phi) is 4.11. The maximum absolute atomic E-state index is 12.8. The van der Waals surface area contributed by atoms with Crippen molar-refractivity contribution in [2.45, 2.75) is 18.3 Å². The van der Waals surface area contributed by atoms with Crippen molar-refractivity contribution in [2.75, 3.05) is 25.5 Å². The van der Waals surface area contributed by atoms with Crippen LogP contribution in [0.15, 0.2) is 42.5 Å². The fraction of sp³-hybridized carbons (Fsp3) is 0.300. The van der Waals surface area contributed by atoms with Crippen LogP contribution in [0, 0.1) is 0 Å². The first-order valence-corrected chi connectivity index (χ1v) is 8.92. The number of fused-ring (bicyclic) bond motifs is 2. The highest BCUT2D eigenvalue weighted by Gasteiger charge is 2.52. The molecule has 0 bridgehead atoms. The van der Waals surface area contributed by atoms with Crippen LogP contribution < -0.4 is 10.1 Å². The number of nitrogens with one attached hydrogen (secondary N) is 1. The summed E-state index contributed by atoms with van der Waals surface area (Å²) in [5.41, 5.74) is 1.82. The first-order valence-electron chi connectivity index (χ1n) is 8.55. The van der Waals surface area contributed by atoms with Gasteiger partial charge in [-0.1, -0.05) is 29.8 Å². The topological polar surface area (TPSA) is 58.6 Å². The van der Waals surface area contributed by atoms with E-state index in [0.717, 1.165) is 16.8 Å². The standard InChI is InChI=1S/C20H19ClN2O3/c1-26-14-6-7-17-15(11-14)20(19(25)22-17)8-9-23(12-20)18(24)10-13-4-2-3-5-16(13)21/h2-7,11H,8-10,12H2,1H3,(H,22,25). The summed E-state index contributed by atoms with van der Waals surface area (Å²) in [6.45, 7) is 0.926. The largest absolute Gasteiger partial charge is 0.497 e. The van der Waals surface area contributed by atoms with E-state index in [4.69, 9.17) is 16.3 Å². The van der Waals surface area contributed by atoms with Gasteiger partial charge in [-0.15, -0.1) is 0 Å². The number of rotatable bonds is 3. The molecule has 134 valence electrons. The Morgan fingerprint density at radius 3 is 2.88 bits per heavy atom. The predicted octanol–water partition coefficient (Wildman–Crippen LogP) is 3.01. The maximum atomic E-state index is 12.8. The quantitative estimate of drug-likeness (QED) is 0.903.